The van der Waals surface area contributed by atoms with Crippen LogP contribution in [0.2, 0.25) is 0 Å². The number of aliphatic hydroxyl groups excluding tert-OH is 1. The molecule has 0 spiro atoms. The Morgan fingerprint density at radius 3 is 3.05 bits per heavy atom. The van der Waals surface area contributed by atoms with Crippen molar-refractivity contribution in [2.75, 3.05) is 20.2 Å². The SMILES string of the molecule is COc1cccc(C(O)CNCCC2=CCCC2)c1. The maximum Gasteiger partial charge on any atom is 0.119 e. The van der Waals surface area contributed by atoms with Crippen LogP contribution in [0.15, 0.2) is 35.9 Å². The Morgan fingerprint density at radius 2 is 2.32 bits per heavy atom. The molecule has 0 saturated carbocycles. The zero-order chi connectivity index (χ0) is 13.5. The second-order valence-corrected chi connectivity index (χ2v) is 5.00. The summed E-state index contributed by atoms with van der Waals surface area (Å²) in [6.07, 6.45) is 6.77. The molecule has 2 N–H and O–H groups in total. The van der Waals surface area contributed by atoms with E-state index in [0.29, 0.717) is 6.54 Å². The van der Waals surface area contributed by atoms with Crippen molar-refractivity contribution in [2.24, 2.45) is 0 Å². The van der Waals surface area contributed by atoms with Gasteiger partial charge in [0.05, 0.1) is 13.2 Å². The van der Waals surface area contributed by atoms with E-state index < -0.39 is 6.10 Å². The van der Waals surface area contributed by atoms with Gasteiger partial charge in [-0.05, 0) is 49.9 Å². The van der Waals surface area contributed by atoms with E-state index in [0.717, 1.165) is 24.3 Å². The predicted molar refractivity (Wildman–Crippen MR) is 77.4 cm³/mol. The third-order valence-electron chi connectivity index (χ3n) is 3.57. The van der Waals surface area contributed by atoms with Crippen molar-refractivity contribution in [3.8, 4) is 5.75 Å². The minimum absolute atomic E-state index is 0.479. The molecule has 0 bridgehead atoms. The highest BCUT2D eigenvalue weighted by Crippen LogP contribution is 2.20. The van der Waals surface area contributed by atoms with Gasteiger partial charge in [-0.2, -0.15) is 0 Å². The summed E-state index contributed by atoms with van der Waals surface area (Å²) in [5, 5.41) is 13.4. The minimum Gasteiger partial charge on any atom is -0.497 e. The third kappa shape index (κ3) is 4.37. The van der Waals surface area contributed by atoms with Crippen LogP contribution >= 0.6 is 0 Å². The molecule has 19 heavy (non-hydrogen) atoms. The van der Waals surface area contributed by atoms with Crippen molar-refractivity contribution in [3.05, 3.63) is 41.5 Å². The van der Waals surface area contributed by atoms with Crippen molar-refractivity contribution >= 4 is 0 Å². The van der Waals surface area contributed by atoms with Crippen molar-refractivity contribution < 1.29 is 9.84 Å². The van der Waals surface area contributed by atoms with E-state index in [1.165, 1.54) is 19.3 Å². The lowest BCUT2D eigenvalue weighted by molar-refractivity contribution is 0.174. The molecule has 1 aromatic rings. The number of ether oxygens (including phenoxy) is 1. The van der Waals surface area contributed by atoms with Crippen LogP contribution in [-0.2, 0) is 0 Å². The molecule has 0 aliphatic heterocycles. The standard InChI is InChI=1S/C16H23NO2/c1-19-15-8-4-7-14(11-15)16(18)12-17-10-9-13-5-2-3-6-13/h4-5,7-8,11,16-18H,2-3,6,9-10,12H2,1H3. The number of nitrogens with one attached hydrogen (secondary N) is 1. The molecule has 0 radical (unpaired) electrons. The van der Waals surface area contributed by atoms with Crippen LogP contribution in [0.3, 0.4) is 0 Å². The second-order valence-electron chi connectivity index (χ2n) is 5.00. The van der Waals surface area contributed by atoms with E-state index in [1.807, 2.05) is 24.3 Å². The second kappa shape index (κ2) is 7.31. The van der Waals surface area contributed by atoms with Gasteiger partial charge < -0.3 is 15.2 Å². The van der Waals surface area contributed by atoms with Crippen molar-refractivity contribution in [1.29, 1.82) is 0 Å². The van der Waals surface area contributed by atoms with Crippen LogP contribution < -0.4 is 10.1 Å². The summed E-state index contributed by atoms with van der Waals surface area (Å²) in [4.78, 5) is 0. The van der Waals surface area contributed by atoms with Gasteiger partial charge >= 0.3 is 0 Å². The molecule has 0 heterocycles. The minimum atomic E-state index is -0.479. The Bertz CT molecular complexity index is 429. The average Bonchev–Trinajstić information content (AvgIpc) is 2.96. The number of benzene rings is 1. The van der Waals surface area contributed by atoms with Gasteiger partial charge in [0.1, 0.15) is 5.75 Å². The Hall–Kier alpha value is -1.32. The first-order chi connectivity index (χ1) is 9.29. The molecule has 0 amide bonds. The van der Waals surface area contributed by atoms with E-state index in [4.69, 9.17) is 4.74 Å². The van der Waals surface area contributed by atoms with Crippen LogP contribution in [0.4, 0.5) is 0 Å². The molecule has 1 atom stereocenters. The number of hydrogen-bond acceptors (Lipinski definition) is 3. The van der Waals surface area contributed by atoms with Crippen LogP contribution in [0.1, 0.15) is 37.4 Å². The highest BCUT2D eigenvalue weighted by Gasteiger charge is 2.08. The van der Waals surface area contributed by atoms with Gasteiger partial charge in [-0.1, -0.05) is 23.8 Å². The lowest BCUT2D eigenvalue weighted by Gasteiger charge is -2.13. The molecule has 3 heteroatoms. The van der Waals surface area contributed by atoms with Crippen molar-refractivity contribution in [1.82, 2.24) is 5.32 Å². The summed E-state index contributed by atoms with van der Waals surface area (Å²) in [6, 6.07) is 7.59. The van der Waals surface area contributed by atoms with Crippen molar-refractivity contribution in [2.45, 2.75) is 31.8 Å². The van der Waals surface area contributed by atoms with Gasteiger partial charge in [0.15, 0.2) is 0 Å². The summed E-state index contributed by atoms with van der Waals surface area (Å²) in [5.74, 6) is 0.785. The quantitative estimate of drug-likeness (QED) is 0.586. The molecular formula is C16H23NO2. The maximum atomic E-state index is 10.1. The Morgan fingerprint density at radius 1 is 1.42 bits per heavy atom. The monoisotopic (exact) mass is 261 g/mol. The summed E-state index contributed by atoms with van der Waals surface area (Å²) in [5.41, 5.74) is 2.45. The van der Waals surface area contributed by atoms with E-state index in [9.17, 15) is 5.11 Å². The molecule has 1 aromatic carbocycles. The van der Waals surface area contributed by atoms with E-state index in [1.54, 1.807) is 12.7 Å². The number of rotatable bonds is 7. The predicted octanol–water partition coefficient (Wildman–Crippen LogP) is 2.82. The zero-order valence-electron chi connectivity index (χ0n) is 11.6. The number of allylic oxidation sites excluding steroid dienone is 1. The number of hydrogen-bond donors (Lipinski definition) is 2. The largest absolute Gasteiger partial charge is 0.497 e. The van der Waals surface area contributed by atoms with Crippen LogP contribution in [0.5, 0.6) is 5.75 Å². The topological polar surface area (TPSA) is 41.5 Å². The molecular weight excluding hydrogens is 238 g/mol. The Kier molecular flexibility index (Phi) is 5.43. The lowest BCUT2D eigenvalue weighted by Crippen LogP contribution is -2.22. The smallest absolute Gasteiger partial charge is 0.119 e. The van der Waals surface area contributed by atoms with Gasteiger partial charge in [0, 0.05) is 6.54 Å². The summed E-state index contributed by atoms with van der Waals surface area (Å²) in [6.45, 7) is 1.52. The van der Waals surface area contributed by atoms with E-state index >= 15 is 0 Å². The number of aliphatic hydroxyl groups is 1. The van der Waals surface area contributed by atoms with Gasteiger partial charge in [0.25, 0.3) is 0 Å². The third-order valence-corrected chi connectivity index (χ3v) is 3.57. The molecule has 1 unspecified atom stereocenters. The molecule has 1 aliphatic rings. The van der Waals surface area contributed by atoms with E-state index in [-0.39, 0.29) is 0 Å². The van der Waals surface area contributed by atoms with Gasteiger partial charge in [-0.3, -0.25) is 0 Å². The molecule has 0 aromatic heterocycles. The molecule has 0 fully saturated rings. The van der Waals surface area contributed by atoms with Crippen LogP contribution in [-0.4, -0.2) is 25.3 Å². The van der Waals surface area contributed by atoms with Crippen LogP contribution in [0, 0.1) is 0 Å². The molecule has 104 valence electrons. The molecule has 1 aliphatic carbocycles. The van der Waals surface area contributed by atoms with Gasteiger partial charge in [-0.25, -0.2) is 0 Å². The summed E-state index contributed by atoms with van der Waals surface area (Å²) < 4.78 is 5.16. The highest BCUT2D eigenvalue weighted by atomic mass is 16.5. The fourth-order valence-corrected chi connectivity index (χ4v) is 2.42. The summed E-state index contributed by atoms with van der Waals surface area (Å²) >= 11 is 0. The lowest BCUT2D eigenvalue weighted by atomic mass is 10.1. The maximum absolute atomic E-state index is 10.1. The zero-order valence-corrected chi connectivity index (χ0v) is 11.6. The normalized spacial score (nSPS) is 16.2. The highest BCUT2D eigenvalue weighted by molar-refractivity contribution is 5.29. The van der Waals surface area contributed by atoms with Crippen LogP contribution in [0.25, 0.3) is 0 Å². The van der Waals surface area contributed by atoms with Gasteiger partial charge in [0.2, 0.25) is 0 Å². The first-order valence-electron chi connectivity index (χ1n) is 7.00. The first-order valence-corrected chi connectivity index (χ1v) is 7.00. The van der Waals surface area contributed by atoms with E-state index in [2.05, 4.69) is 11.4 Å². The Balaban J connectivity index is 1.72. The molecule has 0 saturated heterocycles. The Labute approximate surface area is 115 Å². The van der Waals surface area contributed by atoms with Gasteiger partial charge in [-0.15, -0.1) is 0 Å². The summed E-state index contributed by atoms with van der Waals surface area (Å²) in [7, 11) is 1.64. The average molecular weight is 261 g/mol. The molecule has 2 rings (SSSR count). The molecule has 3 nitrogen and oxygen atoms in total. The number of methoxy groups -OCH3 is 1. The first kappa shape index (κ1) is 14.1. The fraction of sp³-hybridized carbons (Fsp3) is 0.500. The van der Waals surface area contributed by atoms with Crippen molar-refractivity contribution in [3.63, 3.8) is 0 Å². The fourth-order valence-electron chi connectivity index (χ4n) is 2.42.